The second-order valence-corrected chi connectivity index (χ2v) is 7.68. The number of fused-ring (bicyclic) bond motifs is 1. The molecule has 1 saturated heterocycles. The fourth-order valence-electron chi connectivity index (χ4n) is 3.11. The average Bonchev–Trinajstić information content (AvgIpc) is 3.14. The van der Waals surface area contributed by atoms with E-state index in [9.17, 15) is 9.59 Å². The largest absolute Gasteiger partial charge is 0.356 e. The molecule has 2 aromatic rings. The summed E-state index contributed by atoms with van der Waals surface area (Å²) in [5, 5.41) is 6.97. The Morgan fingerprint density at radius 1 is 1.42 bits per heavy atom. The van der Waals surface area contributed by atoms with E-state index in [4.69, 9.17) is 0 Å². The van der Waals surface area contributed by atoms with Gasteiger partial charge in [0.25, 0.3) is 5.56 Å². The first-order chi connectivity index (χ1) is 11.5. The number of carbonyl (C=O) groups excluding carboxylic acids is 1. The van der Waals surface area contributed by atoms with Gasteiger partial charge in [0.2, 0.25) is 5.91 Å². The highest BCUT2D eigenvalue weighted by molar-refractivity contribution is 7.18. The highest BCUT2D eigenvalue weighted by atomic mass is 32.1. The number of hydrogen-bond donors (Lipinski definition) is 3. The number of rotatable bonds is 6. The molecular formula is C17H24N4O2S. The molecule has 1 aliphatic rings. The van der Waals surface area contributed by atoms with E-state index in [0.717, 1.165) is 41.3 Å². The molecule has 1 aliphatic heterocycles. The van der Waals surface area contributed by atoms with Crippen LogP contribution in [0.25, 0.3) is 10.2 Å². The number of aryl methyl sites for hydroxylation is 3. The molecular weight excluding hydrogens is 324 g/mol. The smallest absolute Gasteiger partial charge is 0.259 e. The standard InChI is InChI=1S/C17H24N4O2S/c1-10-11(2)24-17-15(10)16(23)20-13(21-17)3-4-14(22)19-8-6-12-5-7-18-9-12/h12,18H,3-9H2,1-2H3,(H,19,22)(H,20,21,23). The van der Waals surface area contributed by atoms with Crippen molar-refractivity contribution in [2.24, 2.45) is 5.92 Å². The van der Waals surface area contributed by atoms with Gasteiger partial charge in [-0.25, -0.2) is 4.98 Å². The minimum Gasteiger partial charge on any atom is -0.356 e. The summed E-state index contributed by atoms with van der Waals surface area (Å²) in [7, 11) is 0. The van der Waals surface area contributed by atoms with Gasteiger partial charge in [-0.05, 0) is 51.3 Å². The molecule has 3 N–H and O–H groups in total. The van der Waals surface area contributed by atoms with Crippen molar-refractivity contribution in [2.45, 2.75) is 39.5 Å². The molecule has 0 bridgehead atoms. The first-order valence-corrected chi connectivity index (χ1v) is 9.32. The lowest BCUT2D eigenvalue weighted by molar-refractivity contribution is -0.121. The van der Waals surface area contributed by atoms with Gasteiger partial charge < -0.3 is 15.6 Å². The first-order valence-electron chi connectivity index (χ1n) is 8.51. The Morgan fingerprint density at radius 3 is 3.00 bits per heavy atom. The molecule has 0 spiro atoms. The van der Waals surface area contributed by atoms with E-state index in [-0.39, 0.29) is 11.5 Å². The molecule has 24 heavy (non-hydrogen) atoms. The van der Waals surface area contributed by atoms with Crippen molar-refractivity contribution in [2.75, 3.05) is 19.6 Å². The van der Waals surface area contributed by atoms with Gasteiger partial charge in [-0.1, -0.05) is 0 Å². The highest BCUT2D eigenvalue weighted by Crippen LogP contribution is 2.25. The Hall–Kier alpha value is -1.73. The van der Waals surface area contributed by atoms with Crippen LogP contribution in [0.2, 0.25) is 0 Å². The van der Waals surface area contributed by atoms with E-state index in [1.807, 2.05) is 13.8 Å². The Labute approximate surface area is 145 Å². The summed E-state index contributed by atoms with van der Waals surface area (Å²) in [4.78, 5) is 33.3. The number of aromatic nitrogens is 2. The second kappa shape index (κ2) is 7.44. The zero-order valence-electron chi connectivity index (χ0n) is 14.2. The van der Waals surface area contributed by atoms with E-state index >= 15 is 0 Å². The van der Waals surface area contributed by atoms with Gasteiger partial charge >= 0.3 is 0 Å². The Balaban J connectivity index is 1.53. The maximum absolute atomic E-state index is 12.2. The zero-order chi connectivity index (χ0) is 17.1. The monoisotopic (exact) mass is 348 g/mol. The van der Waals surface area contributed by atoms with Crippen LogP contribution in [0.3, 0.4) is 0 Å². The van der Waals surface area contributed by atoms with E-state index < -0.39 is 0 Å². The van der Waals surface area contributed by atoms with E-state index in [1.165, 1.54) is 17.8 Å². The lowest BCUT2D eigenvalue weighted by atomic mass is 10.1. The molecule has 1 unspecified atom stereocenters. The van der Waals surface area contributed by atoms with E-state index in [1.54, 1.807) is 0 Å². The molecule has 2 aromatic heterocycles. The number of nitrogens with one attached hydrogen (secondary N) is 3. The number of aromatic amines is 1. The van der Waals surface area contributed by atoms with E-state index in [0.29, 0.717) is 30.0 Å². The van der Waals surface area contributed by atoms with Gasteiger partial charge in [-0.15, -0.1) is 11.3 Å². The Morgan fingerprint density at radius 2 is 2.25 bits per heavy atom. The van der Waals surface area contributed by atoms with Gasteiger partial charge in [0, 0.05) is 24.3 Å². The molecule has 0 aliphatic carbocycles. The fourth-order valence-corrected chi connectivity index (χ4v) is 4.16. The van der Waals surface area contributed by atoms with Crippen molar-refractivity contribution in [1.29, 1.82) is 0 Å². The number of H-pyrrole nitrogens is 1. The van der Waals surface area contributed by atoms with Gasteiger partial charge in [0.05, 0.1) is 5.39 Å². The Kier molecular flexibility index (Phi) is 5.30. The lowest BCUT2D eigenvalue weighted by Crippen LogP contribution is -2.27. The van der Waals surface area contributed by atoms with Crippen LogP contribution in [0, 0.1) is 19.8 Å². The van der Waals surface area contributed by atoms with Crippen molar-refractivity contribution < 1.29 is 4.79 Å². The summed E-state index contributed by atoms with van der Waals surface area (Å²) >= 11 is 1.53. The van der Waals surface area contributed by atoms with Crippen molar-refractivity contribution in [3.05, 3.63) is 26.6 Å². The third-order valence-electron chi connectivity index (χ3n) is 4.71. The van der Waals surface area contributed by atoms with Crippen molar-refractivity contribution in [3.63, 3.8) is 0 Å². The number of thiophene rings is 1. The van der Waals surface area contributed by atoms with Crippen molar-refractivity contribution >= 4 is 27.5 Å². The van der Waals surface area contributed by atoms with E-state index in [2.05, 4.69) is 20.6 Å². The number of hydrogen-bond acceptors (Lipinski definition) is 5. The predicted octanol–water partition coefficient (Wildman–Crippen LogP) is 1.65. The quantitative estimate of drug-likeness (QED) is 0.741. The topological polar surface area (TPSA) is 86.9 Å². The lowest BCUT2D eigenvalue weighted by Gasteiger charge is -2.09. The van der Waals surface area contributed by atoms with Crippen molar-refractivity contribution in [3.8, 4) is 0 Å². The maximum atomic E-state index is 12.2. The Bertz CT molecular complexity index is 790. The molecule has 1 amide bonds. The molecule has 0 aromatic carbocycles. The van der Waals surface area contributed by atoms with Gasteiger partial charge in [-0.2, -0.15) is 0 Å². The third kappa shape index (κ3) is 3.84. The third-order valence-corrected chi connectivity index (χ3v) is 5.82. The molecule has 3 heterocycles. The summed E-state index contributed by atoms with van der Waals surface area (Å²) < 4.78 is 0. The van der Waals surface area contributed by atoms with Crippen LogP contribution < -0.4 is 16.2 Å². The number of carbonyl (C=O) groups is 1. The molecule has 1 fully saturated rings. The van der Waals surface area contributed by atoms with Crippen LogP contribution in [0.4, 0.5) is 0 Å². The minimum absolute atomic E-state index is 0.0160. The van der Waals surface area contributed by atoms with Crippen molar-refractivity contribution in [1.82, 2.24) is 20.6 Å². The minimum atomic E-state index is -0.106. The van der Waals surface area contributed by atoms with Gasteiger partial charge in [-0.3, -0.25) is 9.59 Å². The molecule has 0 saturated carbocycles. The van der Waals surface area contributed by atoms with Crippen LogP contribution in [-0.2, 0) is 11.2 Å². The van der Waals surface area contributed by atoms with Crippen LogP contribution >= 0.6 is 11.3 Å². The number of amides is 1. The van der Waals surface area contributed by atoms with Crippen LogP contribution in [0.1, 0.15) is 35.5 Å². The summed E-state index contributed by atoms with van der Waals surface area (Å²) in [5.74, 6) is 1.28. The molecule has 0 radical (unpaired) electrons. The molecule has 7 heteroatoms. The SMILES string of the molecule is Cc1sc2nc(CCC(=O)NCCC3CCNC3)[nH]c(=O)c2c1C. The number of nitrogens with zero attached hydrogens (tertiary/aromatic N) is 1. The summed E-state index contributed by atoms with van der Waals surface area (Å²) in [6, 6.07) is 0. The summed E-state index contributed by atoms with van der Waals surface area (Å²) in [5.41, 5.74) is 0.889. The molecule has 130 valence electrons. The van der Waals surface area contributed by atoms with Crippen LogP contribution in [-0.4, -0.2) is 35.5 Å². The van der Waals surface area contributed by atoms with Crippen LogP contribution in [0.5, 0.6) is 0 Å². The highest BCUT2D eigenvalue weighted by Gasteiger charge is 2.15. The maximum Gasteiger partial charge on any atom is 0.259 e. The average molecular weight is 348 g/mol. The predicted molar refractivity (Wildman–Crippen MR) is 96.6 cm³/mol. The fraction of sp³-hybridized carbons (Fsp3) is 0.588. The molecule has 6 nitrogen and oxygen atoms in total. The summed E-state index contributed by atoms with van der Waals surface area (Å²) in [6.07, 6.45) is 3.02. The normalized spacial score (nSPS) is 17.5. The zero-order valence-corrected chi connectivity index (χ0v) is 15.0. The second-order valence-electron chi connectivity index (χ2n) is 6.47. The van der Waals surface area contributed by atoms with Gasteiger partial charge in [0.15, 0.2) is 0 Å². The van der Waals surface area contributed by atoms with Crippen LogP contribution in [0.15, 0.2) is 4.79 Å². The van der Waals surface area contributed by atoms with Gasteiger partial charge in [0.1, 0.15) is 10.7 Å². The summed E-state index contributed by atoms with van der Waals surface area (Å²) in [6.45, 7) is 6.80. The molecule has 3 rings (SSSR count). The first kappa shape index (κ1) is 17.1. The molecule has 1 atom stereocenters.